The SMILES string of the molecule is COc1ccc2nc(N(Cc3ccccc3)C(=O)c3ccc(Cl)cc3Cl)sc2c1. The van der Waals surface area contributed by atoms with Gasteiger partial charge in [0.1, 0.15) is 5.75 Å². The number of amides is 1. The second-order valence-corrected chi connectivity index (χ2v) is 8.18. The zero-order valence-corrected chi connectivity index (χ0v) is 17.8. The fourth-order valence-corrected chi connectivity index (χ4v) is 4.42. The molecule has 0 aliphatic heterocycles. The lowest BCUT2D eigenvalue weighted by Gasteiger charge is -2.20. The summed E-state index contributed by atoms with van der Waals surface area (Å²) in [6, 6.07) is 20.3. The van der Waals surface area contributed by atoms with Gasteiger partial charge in [-0.25, -0.2) is 4.98 Å². The summed E-state index contributed by atoms with van der Waals surface area (Å²) in [7, 11) is 1.62. The molecule has 4 aromatic rings. The maximum atomic E-state index is 13.4. The molecule has 0 unspecified atom stereocenters. The number of methoxy groups -OCH3 is 1. The van der Waals surface area contributed by atoms with Crippen LogP contribution >= 0.6 is 34.5 Å². The summed E-state index contributed by atoms with van der Waals surface area (Å²) >= 11 is 13.7. The Labute approximate surface area is 182 Å². The maximum absolute atomic E-state index is 13.4. The van der Waals surface area contributed by atoms with Gasteiger partial charge in [-0.1, -0.05) is 64.9 Å². The van der Waals surface area contributed by atoms with Crippen LogP contribution in [0.3, 0.4) is 0 Å². The second-order valence-electron chi connectivity index (χ2n) is 6.33. The van der Waals surface area contributed by atoms with E-state index in [1.165, 1.54) is 11.3 Å². The lowest BCUT2D eigenvalue weighted by Crippen LogP contribution is -2.30. The molecule has 7 heteroatoms. The third-order valence-electron chi connectivity index (χ3n) is 4.41. The summed E-state index contributed by atoms with van der Waals surface area (Å²) in [5.41, 5.74) is 2.17. The van der Waals surface area contributed by atoms with E-state index < -0.39 is 0 Å². The summed E-state index contributed by atoms with van der Waals surface area (Å²) in [5.74, 6) is 0.510. The minimum atomic E-state index is -0.235. The van der Waals surface area contributed by atoms with Gasteiger partial charge in [0.15, 0.2) is 5.13 Å². The van der Waals surface area contributed by atoms with E-state index in [0.717, 1.165) is 21.5 Å². The van der Waals surface area contributed by atoms with Crippen molar-refractivity contribution >= 4 is 55.8 Å². The van der Waals surface area contributed by atoms with E-state index in [4.69, 9.17) is 27.9 Å². The van der Waals surface area contributed by atoms with Crippen molar-refractivity contribution in [2.75, 3.05) is 12.0 Å². The number of fused-ring (bicyclic) bond motifs is 1. The van der Waals surface area contributed by atoms with Gasteiger partial charge in [0.2, 0.25) is 0 Å². The number of halogens is 2. The number of hydrogen-bond donors (Lipinski definition) is 0. The summed E-state index contributed by atoms with van der Waals surface area (Å²) in [6.07, 6.45) is 0. The fourth-order valence-electron chi connectivity index (χ4n) is 2.94. The van der Waals surface area contributed by atoms with Crippen molar-refractivity contribution in [2.45, 2.75) is 6.54 Å². The van der Waals surface area contributed by atoms with Crippen molar-refractivity contribution in [2.24, 2.45) is 0 Å². The molecule has 0 radical (unpaired) electrons. The van der Waals surface area contributed by atoms with E-state index >= 15 is 0 Å². The molecule has 29 heavy (non-hydrogen) atoms. The first-order chi connectivity index (χ1) is 14.0. The van der Waals surface area contributed by atoms with E-state index in [2.05, 4.69) is 4.98 Å². The molecule has 4 rings (SSSR count). The third-order valence-corrected chi connectivity index (χ3v) is 5.99. The number of thiazole rings is 1. The molecule has 0 fully saturated rings. The molecule has 0 saturated carbocycles. The van der Waals surface area contributed by atoms with Gasteiger partial charge in [-0.15, -0.1) is 0 Å². The van der Waals surface area contributed by atoms with Crippen molar-refractivity contribution in [1.29, 1.82) is 0 Å². The smallest absolute Gasteiger partial charge is 0.261 e. The molecule has 0 N–H and O–H groups in total. The molecule has 1 heterocycles. The second kappa shape index (κ2) is 8.41. The van der Waals surface area contributed by atoms with Gasteiger partial charge in [0, 0.05) is 5.02 Å². The van der Waals surface area contributed by atoms with Crippen LogP contribution in [0, 0.1) is 0 Å². The lowest BCUT2D eigenvalue weighted by molar-refractivity contribution is 0.0985. The van der Waals surface area contributed by atoms with Crippen LogP contribution in [0.25, 0.3) is 10.2 Å². The third kappa shape index (κ3) is 4.22. The van der Waals surface area contributed by atoms with Crippen LogP contribution in [-0.4, -0.2) is 18.0 Å². The van der Waals surface area contributed by atoms with Gasteiger partial charge in [-0.05, 0) is 42.0 Å². The Bertz CT molecular complexity index is 1180. The Morgan fingerprint density at radius 2 is 1.86 bits per heavy atom. The molecule has 146 valence electrons. The van der Waals surface area contributed by atoms with Crippen molar-refractivity contribution in [3.63, 3.8) is 0 Å². The molecule has 0 aliphatic rings. The largest absolute Gasteiger partial charge is 0.497 e. The number of benzene rings is 3. The quantitative estimate of drug-likeness (QED) is 0.356. The number of carbonyl (C=O) groups excluding carboxylic acids is 1. The minimum Gasteiger partial charge on any atom is -0.497 e. The number of anilines is 1. The predicted molar refractivity (Wildman–Crippen MR) is 120 cm³/mol. The Morgan fingerprint density at radius 1 is 1.07 bits per heavy atom. The number of hydrogen-bond acceptors (Lipinski definition) is 4. The van der Waals surface area contributed by atoms with Crippen LogP contribution in [0.2, 0.25) is 10.0 Å². The number of nitrogens with zero attached hydrogens (tertiary/aromatic N) is 2. The van der Waals surface area contributed by atoms with Crippen LogP contribution in [0.15, 0.2) is 66.7 Å². The highest BCUT2D eigenvalue weighted by molar-refractivity contribution is 7.22. The zero-order chi connectivity index (χ0) is 20.4. The molecule has 1 amide bonds. The van der Waals surface area contributed by atoms with Crippen LogP contribution < -0.4 is 9.64 Å². The number of carbonyl (C=O) groups is 1. The summed E-state index contributed by atoms with van der Waals surface area (Å²) in [6.45, 7) is 0.371. The maximum Gasteiger partial charge on any atom is 0.261 e. The van der Waals surface area contributed by atoms with Crippen molar-refractivity contribution in [1.82, 2.24) is 4.98 Å². The molecule has 0 saturated heterocycles. The topological polar surface area (TPSA) is 42.4 Å². The van der Waals surface area contributed by atoms with Crippen LogP contribution in [-0.2, 0) is 6.54 Å². The van der Waals surface area contributed by atoms with Crippen LogP contribution in [0.4, 0.5) is 5.13 Å². The Hall–Kier alpha value is -2.60. The fraction of sp³-hybridized carbons (Fsp3) is 0.0909. The normalized spacial score (nSPS) is 10.9. The highest BCUT2D eigenvalue weighted by atomic mass is 35.5. The molecule has 0 bridgehead atoms. The standard InChI is InChI=1S/C22H16Cl2N2O2S/c1-28-16-8-10-19-20(12-16)29-22(25-19)26(13-14-5-3-2-4-6-14)21(27)17-9-7-15(23)11-18(17)24/h2-12H,13H2,1H3. The summed E-state index contributed by atoms with van der Waals surface area (Å²) in [4.78, 5) is 19.7. The Kier molecular flexibility index (Phi) is 5.72. The zero-order valence-electron chi connectivity index (χ0n) is 15.4. The first kappa shape index (κ1) is 19.7. The van der Waals surface area contributed by atoms with Gasteiger partial charge in [-0.2, -0.15) is 0 Å². The lowest BCUT2D eigenvalue weighted by atomic mass is 10.1. The molecule has 1 aromatic heterocycles. The highest BCUT2D eigenvalue weighted by Crippen LogP contribution is 2.34. The first-order valence-electron chi connectivity index (χ1n) is 8.80. The van der Waals surface area contributed by atoms with Gasteiger partial charge in [-0.3, -0.25) is 9.69 Å². The van der Waals surface area contributed by atoms with E-state index in [9.17, 15) is 4.79 Å². The van der Waals surface area contributed by atoms with E-state index in [1.807, 2.05) is 48.5 Å². The molecule has 0 spiro atoms. The molecule has 4 nitrogen and oxygen atoms in total. The first-order valence-corrected chi connectivity index (χ1v) is 10.4. The van der Waals surface area contributed by atoms with Crippen LogP contribution in [0.5, 0.6) is 5.75 Å². The van der Waals surface area contributed by atoms with Gasteiger partial charge >= 0.3 is 0 Å². The minimum absolute atomic E-state index is 0.235. The average molecular weight is 443 g/mol. The molecule has 0 atom stereocenters. The van der Waals surface area contributed by atoms with E-state index in [1.54, 1.807) is 30.2 Å². The predicted octanol–water partition coefficient (Wildman–Crippen LogP) is 6.46. The average Bonchev–Trinajstić information content (AvgIpc) is 3.15. The number of rotatable bonds is 5. The van der Waals surface area contributed by atoms with E-state index in [0.29, 0.717) is 27.3 Å². The van der Waals surface area contributed by atoms with Crippen LogP contribution in [0.1, 0.15) is 15.9 Å². The van der Waals surface area contributed by atoms with Gasteiger partial charge in [0.05, 0.1) is 34.5 Å². The number of ether oxygens (including phenoxy) is 1. The van der Waals surface area contributed by atoms with Crippen molar-refractivity contribution < 1.29 is 9.53 Å². The van der Waals surface area contributed by atoms with Gasteiger partial charge in [0.25, 0.3) is 5.91 Å². The highest BCUT2D eigenvalue weighted by Gasteiger charge is 2.24. The molecule has 0 aliphatic carbocycles. The molecular formula is C22H16Cl2N2O2S. The molecular weight excluding hydrogens is 427 g/mol. The van der Waals surface area contributed by atoms with Gasteiger partial charge < -0.3 is 4.74 Å². The molecule has 3 aromatic carbocycles. The van der Waals surface area contributed by atoms with Crippen molar-refractivity contribution in [3.8, 4) is 5.75 Å². The number of aromatic nitrogens is 1. The van der Waals surface area contributed by atoms with Crippen molar-refractivity contribution in [3.05, 3.63) is 87.9 Å². The Balaban J connectivity index is 1.78. The summed E-state index contributed by atoms with van der Waals surface area (Å²) < 4.78 is 6.24. The monoisotopic (exact) mass is 442 g/mol. The summed E-state index contributed by atoms with van der Waals surface area (Å²) in [5, 5.41) is 1.38. The van der Waals surface area contributed by atoms with E-state index in [-0.39, 0.29) is 5.91 Å². The Morgan fingerprint density at radius 3 is 2.59 bits per heavy atom.